The molecule has 0 saturated heterocycles. The number of halogens is 1. The van der Waals surface area contributed by atoms with E-state index in [9.17, 15) is 9.18 Å². The molecule has 0 aliphatic carbocycles. The third-order valence-corrected chi connectivity index (χ3v) is 4.65. The zero-order valence-corrected chi connectivity index (χ0v) is 16.5. The highest BCUT2D eigenvalue weighted by Crippen LogP contribution is 2.25. The van der Waals surface area contributed by atoms with Crippen molar-refractivity contribution in [2.45, 2.75) is 26.3 Å². The Morgan fingerprint density at radius 1 is 1.28 bits per heavy atom. The molecule has 0 fully saturated rings. The predicted octanol–water partition coefficient (Wildman–Crippen LogP) is 4.72. The molecule has 29 heavy (non-hydrogen) atoms. The first-order valence-electron chi connectivity index (χ1n) is 9.43. The van der Waals surface area contributed by atoms with Crippen molar-refractivity contribution in [2.24, 2.45) is 0 Å². The number of amides is 1. The van der Waals surface area contributed by atoms with Crippen LogP contribution in [0.2, 0.25) is 0 Å². The van der Waals surface area contributed by atoms with E-state index >= 15 is 0 Å². The molecule has 0 aliphatic heterocycles. The molecule has 1 amide bonds. The van der Waals surface area contributed by atoms with E-state index in [1.807, 2.05) is 25.1 Å². The molecule has 1 aromatic carbocycles. The number of pyridine rings is 1. The van der Waals surface area contributed by atoms with Crippen LogP contribution in [0, 0.1) is 5.82 Å². The molecule has 3 rings (SSSR count). The van der Waals surface area contributed by atoms with Crippen molar-refractivity contribution in [2.75, 3.05) is 0 Å². The van der Waals surface area contributed by atoms with Gasteiger partial charge in [0.1, 0.15) is 5.82 Å². The summed E-state index contributed by atoms with van der Waals surface area (Å²) in [5.41, 5.74) is 3.29. The Labute approximate surface area is 169 Å². The van der Waals surface area contributed by atoms with E-state index in [1.54, 1.807) is 48.3 Å². The van der Waals surface area contributed by atoms with E-state index in [1.165, 1.54) is 12.1 Å². The van der Waals surface area contributed by atoms with Gasteiger partial charge in [-0.3, -0.25) is 9.78 Å². The van der Waals surface area contributed by atoms with Crippen LogP contribution in [0.1, 0.15) is 43.3 Å². The highest BCUT2D eigenvalue weighted by Gasteiger charge is 2.21. The van der Waals surface area contributed by atoms with Crippen LogP contribution in [0.5, 0.6) is 0 Å². The molecule has 0 bridgehead atoms. The van der Waals surface area contributed by atoms with E-state index in [2.05, 4.69) is 22.0 Å². The Bertz CT molecular complexity index is 1020. The first kappa shape index (κ1) is 20.2. The molecular weight excluding hydrogens is 367 g/mol. The topological polar surface area (TPSA) is 59.8 Å². The van der Waals surface area contributed by atoms with E-state index in [4.69, 9.17) is 0 Å². The fourth-order valence-corrected chi connectivity index (χ4v) is 3.16. The third kappa shape index (κ3) is 4.32. The molecule has 1 unspecified atom stereocenters. The summed E-state index contributed by atoms with van der Waals surface area (Å²) in [4.78, 5) is 17.4. The molecule has 1 atom stereocenters. The van der Waals surface area contributed by atoms with Crippen molar-refractivity contribution in [3.63, 3.8) is 0 Å². The summed E-state index contributed by atoms with van der Waals surface area (Å²) >= 11 is 0. The molecule has 148 valence electrons. The number of allylic oxidation sites excluding steroid dienone is 1. The van der Waals surface area contributed by atoms with Crippen molar-refractivity contribution in [3.05, 3.63) is 90.3 Å². The second-order valence-corrected chi connectivity index (χ2v) is 6.43. The lowest BCUT2D eigenvalue weighted by Gasteiger charge is -2.17. The fourth-order valence-electron chi connectivity index (χ4n) is 3.16. The Balaban J connectivity index is 1.91. The van der Waals surface area contributed by atoms with Gasteiger partial charge >= 0.3 is 0 Å². The molecule has 2 aromatic heterocycles. The summed E-state index contributed by atoms with van der Waals surface area (Å²) in [5.74, 6) is -0.540. The van der Waals surface area contributed by atoms with Crippen LogP contribution < -0.4 is 5.32 Å². The van der Waals surface area contributed by atoms with E-state index in [-0.39, 0.29) is 17.8 Å². The van der Waals surface area contributed by atoms with Crippen LogP contribution in [-0.4, -0.2) is 20.7 Å². The minimum Gasteiger partial charge on any atom is -0.344 e. The number of benzene rings is 1. The summed E-state index contributed by atoms with van der Waals surface area (Å²) in [5, 5.41) is 7.44. The highest BCUT2D eigenvalue weighted by atomic mass is 19.1. The predicted molar refractivity (Wildman–Crippen MR) is 113 cm³/mol. The number of nitrogens with zero attached hydrogens (tertiary/aromatic N) is 3. The Hall–Kier alpha value is -3.54. The van der Waals surface area contributed by atoms with Crippen molar-refractivity contribution in [3.8, 4) is 5.69 Å². The molecule has 0 saturated carbocycles. The van der Waals surface area contributed by atoms with Crippen LogP contribution in [0.3, 0.4) is 0 Å². The number of rotatable bonds is 7. The maximum absolute atomic E-state index is 13.3. The second kappa shape index (κ2) is 9.10. The summed E-state index contributed by atoms with van der Waals surface area (Å²) in [7, 11) is 0. The number of hydrogen-bond acceptors (Lipinski definition) is 3. The minimum absolute atomic E-state index is 0.196. The van der Waals surface area contributed by atoms with Gasteiger partial charge in [-0.15, -0.1) is 0 Å². The molecule has 0 radical (unpaired) electrons. The Morgan fingerprint density at radius 2 is 2.03 bits per heavy atom. The first-order chi connectivity index (χ1) is 14.1. The van der Waals surface area contributed by atoms with Gasteiger partial charge < -0.3 is 5.32 Å². The van der Waals surface area contributed by atoms with Gasteiger partial charge in [-0.1, -0.05) is 25.6 Å². The molecule has 3 aromatic rings. The number of carbonyl (C=O) groups is 1. The van der Waals surface area contributed by atoms with E-state index in [0.717, 1.165) is 5.69 Å². The van der Waals surface area contributed by atoms with E-state index < -0.39 is 0 Å². The molecule has 0 spiro atoms. The lowest BCUT2D eigenvalue weighted by Crippen LogP contribution is -2.29. The lowest BCUT2D eigenvalue weighted by molar-refractivity contribution is -0.116. The summed E-state index contributed by atoms with van der Waals surface area (Å²) < 4.78 is 14.9. The molecule has 0 aliphatic rings. The quantitative estimate of drug-likeness (QED) is 0.594. The largest absolute Gasteiger partial charge is 0.344 e. The molecule has 6 heteroatoms. The van der Waals surface area contributed by atoms with Gasteiger partial charge in [-0.2, -0.15) is 5.10 Å². The van der Waals surface area contributed by atoms with Gasteiger partial charge in [0.15, 0.2) is 0 Å². The Kier molecular flexibility index (Phi) is 6.34. The average molecular weight is 390 g/mol. The number of carbonyl (C=O) groups excluding carboxylic acids is 1. The van der Waals surface area contributed by atoms with Gasteiger partial charge in [-0.05, 0) is 55.8 Å². The third-order valence-electron chi connectivity index (χ3n) is 4.65. The molecule has 2 heterocycles. The first-order valence-corrected chi connectivity index (χ1v) is 9.43. The molecule has 5 nitrogen and oxygen atoms in total. The summed E-state index contributed by atoms with van der Waals surface area (Å²) in [6.45, 7) is 7.67. The second-order valence-electron chi connectivity index (χ2n) is 6.43. The van der Waals surface area contributed by atoms with Gasteiger partial charge in [0.05, 0.1) is 29.3 Å². The van der Waals surface area contributed by atoms with Crippen LogP contribution in [0.25, 0.3) is 17.3 Å². The van der Waals surface area contributed by atoms with Gasteiger partial charge in [-0.25, -0.2) is 9.07 Å². The summed E-state index contributed by atoms with van der Waals surface area (Å²) in [6, 6.07) is 11.4. The van der Waals surface area contributed by atoms with Crippen LogP contribution in [-0.2, 0) is 4.79 Å². The van der Waals surface area contributed by atoms with Crippen LogP contribution in [0.15, 0.2) is 67.5 Å². The van der Waals surface area contributed by atoms with Gasteiger partial charge in [0, 0.05) is 17.3 Å². The number of nitrogens with one attached hydrogen (secondary N) is 1. The van der Waals surface area contributed by atoms with E-state index in [0.29, 0.717) is 28.9 Å². The maximum Gasteiger partial charge on any atom is 0.252 e. The molecule has 1 N–H and O–H groups in total. The number of aromatic nitrogens is 3. The Morgan fingerprint density at radius 3 is 2.62 bits per heavy atom. The maximum atomic E-state index is 13.3. The molecular formula is C23H23FN4O. The van der Waals surface area contributed by atoms with Gasteiger partial charge in [0.2, 0.25) is 0 Å². The van der Waals surface area contributed by atoms with Crippen LogP contribution >= 0.6 is 0 Å². The van der Waals surface area contributed by atoms with Crippen molar-refractivity contribution >= 4 is 17.6 Å². The van der Waals surface area contributed by atoms with Crippen molar-refractivity contribution in [1.82, 2.24) is 20.1 Å². The van der Waals surface area contributed by atoms with Crippen molar-refractivity contribution < 1.29 is 9.18 Å². The number of hydrogen-bond donors (Lipinski definition) is 1. The zero-order valence-electron chi connectivity index (χ0n) is 16.5. The summed E-state index contributed by atoms with van der Waals surface area (Å²) in [6.07, 6.45) is 7.43. The van der Waals surface area contributed by atoms with Gasteiger partial charge in [0.25, 0.3) is 5.91 Å². The average Bonchev–Trinajstić information content (AvgIpc) is 3.17. The zero-order chi connectivity index (χ0) is 20.8. The standard InChI is InChI=1S/C23H23FN4O/c1-4-18(23(29)27-20(5-2)21-9-7-8-14-25-21)19-15-26-28(22(19)6-3)17-12-10-16(24)11-13-17/h4,6-15,20H,3,5H2,1-2H3,(H,27,29)/b18-4+. The SMILES string of the molecule is C=Cc1c(/C(=C\C)C(=O)NC(CC)c2ccccn2)cnn1-c1ccc(F)cc1. The monoisotopic (exact) mass is 390 g/mol. The lowest BCUT2D eigenvalue weighted by atomic mass is 10.0. The normalized spacial score (nSPS) is 12.4. The van der Waals surface area contributed by atoms with Crippen molar-refractivity contribution in [1.29, 1.82) is 0 Å². The van der Waals surface area contributed by atoms with Crippen LogP contribution in [0.4, 0.5) is 4.39 Å². The highest BCUT2D eigenvalue weighted by molar-refractivity contribution is 6.20. The minimum atomic E-state index is -0.324. The fraction of sp³-hybridized carbons (Fsp3) is 0.174. The smallest absolute Gasteiger partial charge is 0.252 e.